The molecule has 17 heavy (non-hydrogen) atoms. The number of hydrogen-bond acceptors (Lipinski definition) is 3. The average Bonchev–Trinajstić information content (AvgIpc) is 2.56. The third kappa shape index (κ3) is 5.19. The van der Waals surface area contributed by atoms with Crippen molar-refractivity contribution < 1.29 is 5.11 Å². The van der Waals surface area contributed by atoms with Crippen LogP contribution in [0.25, 0.3) is 0 Å². The fourth-order valence-electron chi connectivity index (χ4n) is 3.05. The van der Waals surface area contributed by atoms with Gasteiger partial charge in [-0.1, -0.05) is 32.6 Å². The lowest BCUT2D eigenvalue weighted by Crippen LogP contribution is -2.40. The second-order valence-electron chi connectivity index (χ2n) is 5.57. The molecular weight excluding hydrogens is 230 g/mol. The summed E-state index contributed by atoms with van der Waals surface area (Å²) in [6.07, 6.45) is 9.32. The van der Waals surface area contributed by atoms with Gasteiger partial charge in [0.05, 0.1) is 6.61 Å². The summed E-state index contributed by atoms with van der Waals surface area (Å²) < 4.78 is 0. The summed E-state index contributed by atoms with van der Waals surface area (Å²) in [6, 6.07) is 0. The first kappa shape index (κ1) is 15.3. The quantitative estimate of drug-likeness (QED) is 0.542. The van der Waals surface area contributed by atoms with Gasteiger partial charge in [0.15, 0.2) is 0 Å². The summed E-state index contributed by atoms with van der Waals surface area (Å²) in [5, 5.41) is 9.14. The van der Waals surface area contributed by atoms with Crippen molar-refractivity contribution in [1.29, 1.82) is 0 Å². The SMILES string of the molecule is CCCN(CCO)CC1(CS)CCCCCC1. The molecule has 3 heteroatoms. The largest absolute Gasteiger partial charge is 0.395 e. The van der Waals surface area contributed by atoms with Crippen LogP contribution in [0.3, 0.4) is 0 Å². The maximum absolute atomic E-state index is 9.14. The Kier molecular flexibility index (Phi) is 7.56. The van der Waals surface area contributed by atoms with Crippen LogP contribution in [0.5, 0.6) is 0 Å². The van der Waals surface area contributed by atoms with Crippen molar-refractivity contribution in [3.8, 4) is 0 Å². The van der Waals surface area contributed by atoms with Crippen molar-refractivity contribution >= 4 is 12.6 Å². The predicted molar refractivity (Wildman–Crippen MR) is 77.8 cm³/mol. The fraction of sp³-hybridized carbons (Fsp3) is 1.00. The minimum atomic E-state index is 0.280. The van der Waals surface area contributed by atoms with Gasteiger partial charge in [0.1, 0.15) is 0 Å². The second-order valence-corrected chi connectivity index (χ2v) is 5.89. The van der Waals surface area contributed by atoms with Crippen LogP contribution < -0.4 is 0 Å². The van der Waals surface area contributed by atoms with E-state index >= 15 is 0 Å². The summed E-state index contributed by atoms with van der Waals surface area (Å²) in [7, 11) is 0. The molecule has 0 heterocycles. The van der Waals surface area contributed by atoms with Gasteiger partial charge in [0.25, 0.3) is 0 Å². The van der Waals surface area contributed by atoms with Gasteiger partial charge in [-0.05, 0) is 37.0 Å². The zero-order chi connectivity index (χ0) is 12.6. The van der Waals surface area contributed by atoms with Crippen LogP contribution in [0.15, 0.2) is 0 Å². The van der Waals surface area contributed by atoms with Crippen LogP contribution in [0.1, 0.15) is 51.9 Å². The van der Waals surface area contributed by atoms with Crippen molar-refractivity contribution in [2.24, 2.45) is 5.41 Å². The predicted octanol–water partition coefficient (Wildman–Crippen LogP) is 2.96. The molecule has 0 spiro atoms. The molecule has 0 unspecified atom stereocenters. The van der Waals surface area contributed by atoms with E-state index in [1.165, 1.54) is 44.9 Å². The molecule has 0 aromatic carbocycles. The van der Waals surface area contributed by atoms with Gasteiger partial charge < -0.3 is 10.0 Å². The fourth-order valence-corrected chi connectivity index (χ4v) is 3.46. The first-order valence-electron chi connectivity index (χ1n) is 7.20. The number of rotatable bonds is 7. The monoisotopic (exact) mass is 259 g/mol. The number of hydrogen-bond donors (Lipinski definition) is 2. The minimum absolute atomic E-state index is 0.280. The summed E-state index contributed by atoms with van der Waals surface area (Å²) >= 11 is 4.62. The van der Waals surface area contributed by atoms with Crippen molar-refractivity contribution in [3.05, 3.63) is 0 Å². The highest BCUT2D eigenvalue weighted by Gasteiger charge is 2.31. The lowest BCUT2D eigenvalue weighted by atomic mass is 9.81. The normalized spacial score (nSPS) is 20.5. The molecule has 0 aromatic heterocycles. The van der Waals surface area contributed by atoms with E-state index in [4.69, 9.17) is 5.11 Å². The van der Waals surface area contributed by atoms with Crippen molar-refractivity contribution in [3.63, 3.8) is 0 Å². The number of nitrogens with zero attached hydrogens (tertiary/aromatic N) is 1. The molecule has 1 fully saturated rings. The van der Waals surface area contributed by atoms with Gasteiger partial charge in [-0.25, -0.2) is 0 Å². The molecule has 0 saturated heterocycles. The highest BCUT2D eigenvalue weighted by molar-refractivity contribution is 7.80. The average molecular weight is 259 g/mol. The molecule has 0 radical (unpaired) electrons. The topological polar surface area (TPSA) is 23.5 Å². The molecule has 0 atom stereocenters. The van der Waals surface area contributed by atoms with Gasteiger partial charge in [-0.3, -0.25) is 0 Å². The van der Waals surface area contributed by atoms with Crippen LogP contribution in [0, 0.1) is 5.41 Å². The van der Waals surface area contributed by atoms with Crippen LogP contribution in [-0.4, -0.2) is 42.0 Å². The highest BCUT2D eigenvalue weighted by atomic mass is 32.1. The lowest BCUT2D eigenvalue weighted by molar-refractivity contribution is 0.125. The first-order valence-corrected chi connectivity index (χ1v) is 7.83. The summed E-state index contributed by atoms with van der Waals surface area (Å²) in [4.78, 5) is 2.43. The van der Waals surface area contributed by atoms with E-state index in [0.29, 0.717) is 5.41 Å². The molecule has 0 aromatic rings. The van der Waals surface area contributed by atoms with E-state index < -0.39 is 0 Å². The van der Waals surface area contributed by atoms with E-state index in [1.807, 2.05) is 0 Å². The first-order chi connectivity index (χ1) is 8.26. The standard InChI is InChI=1S/C14H29NOS/c1-2-9-15(10-11-16)12-14(13-17)7-5-3-4-6-8-14/h16-17H,2-13H2,1H3. The summed E-state index contributed by atoms with van der Waals surface area (Å²) in [5.41, 5.74) is 0.407. The number of aliphatic hydroxyl groups is 1. The van der Waals surface area contributed by atoms with Crippen LogP contribution >= 0.6 is 12.6 Å². The molecular formula is C14H29NOS. The molecule has 1 saturated carbocycles. The summed E-state index contributed by atoms with van der Waals surface area (Å²) in [6.45, 7) is 5.55. The Labute approximate surface area is 112 Å². The second kappa shape index (κ2) is 8.39. The maximum Gasteiger partial charge on any atom is 0.0558 e. The smallest absolute Gasteiger partial charge is 0.0558 e. The molecule has 2 nitrogen and oxygen atoms in total. The van der Waals surface area contributed by atoms with E-state index in [1.54, 1.807) is 0 Å². The molecule has 102 valence electrons. The Hall–Kier alpha value is 0.270. The Morgan fingerprint density at radius 3 is 2.24 bits per heavy atom. The Bertz CT molecular complexity index is 185. The van der Waals surface area contributed by atoms with Crippen molar-refractivity contribution in [2.45, 2.75) is 51.9 Å². The molecule has 0 aliphatic heterocycles. The number of thiol groups is 1. The Morgan fingerprint density at radius 1 is 1.12 bits per heavy atom. The van der Waals surface area contributed by atoms with Crippen LogP contribution in [0.4, 0.5) is 0 Å². The van der Waals surface area contributed by atoms with Gasteiger partial charge in [-0.2, -0.15) is 12.6 Å². The minimum Gasteiger partial charge on any atom is -0.395 e. The van der Waals surface area contributed by atoms with Crippen LogP contribution in [-0.2, 0) is 0 Å². The highest BCUT2D eigenvalue weighted by Crippen LogP contribution is 2.36. The van der Waals surface area contributed by atoms with Gasteiger partial charge in [0.2, 0.25) is 0 Å². The molecule has 1 N–H and O–H groups in total. The molecule has 1 aliphatic carbocycles. The lowest BCUT2D eigenvalue weighted by Gasteiger charge is -2.37. The third-order valence-corrected chi connectivity index (χ3v) is 4.69. The Balaban J connectivity index is 2.56. The van der Waals surface area contributed by atoms with Crippen molar-refractivity contribution in [1.82, 2.24) is 4.90 Å². The molecule has 1 rings (SSSR count). The van der Waals surface area contributed by atoms with E-state index in [0.717, 1.165) is 25.4 Å². The van der Waals surface area contributed by atoms with E-state index in [-0.39, 0.29) is 6.61 Å². The molecule has 0 bridgehead atoms. The zero-order valence-corrected chi connectivity index (χ0v) is 12.2. The third-order valence-electron chi connectivity index (χ3n) is 4.01. The summed E-state index contributed by atoms with van der Waals surface area (Å²) in [5.74, 6) is 0.999. The van der Waals surface area contributed by atoms with Gasteiger partial charge in [-0.15, -0.1) is 0 Å². The molecule has 0 amide bonds. The van der Waals surface area contributed by atoms with Gasteiger partial charge >= 0.3 is 0 Å². The van der Waals surface area contributed by atoms with E-state index in [9.17, 15) is 0 Å². The zero-order valence-electron chi connectivity index (χ0n) is 11.3. The van der Waals surface area contributed by atoms with Crippen molar-refractivity contribution in [2.75, 3.05) is 32.0 Å². The Morgan fingerprint density at radius 2 is 1.76 bits per heavy atom. The van der Waals surface area contributed by atoms with Gasteiger partial charge in [0, 0.05) is 13.1 Å². The number of aliphatic hydroxyl groups excluding tert-OH is 1. The van der Waals surface area contributed by atoms with Crippen LogP contribution in [0.2, 0.25) is 0 Å². The van der Waals surface area contributed by atoms with E-state index in [2.05, 4.69) is 24.5 Å². The molecule has 1 aliphatic rings. The maximum atomic E-state index is 9.14.